The molecule has 2 aliphatic heterocycles. The molecule has 0 saturated carbocycles. The molecule has 0 N–H and O–H groups in total. The summed E-state index contributed by atoms with van der Waals surface area (Å²) in [6, 6.07) is 16.8. The van der Waals surface area contributed by atoms with Gasteiger partial charge in [0, 0.05) is 27.2 Å². The lowest BCUT2D eigenvalue weighted by molar-refractivity contribution is 0.927. The number of fused-ring (bicyclic) bond motifs is 2. The lowest BCUT2D eigenvalue weighted by atomic mass is 9.92. The monoisotopic (exact) mass is 269 g/mol. The normalized spacial score (nSPS) is 20.8. The highest BCUT2D eigenvalue weighted by Crippen LogP contribution is 2.44. The van der Waals surface area contributed by atoms with Crippen LogP contribution >= 0.6 is 23.5 Å². The highest BCUT2D eigenvalue weighted by Gasteiger charge is 2.25. The van der Waals surface area contributed by atoms with E-state index >= 15 is 0 Å². The van der Waals surface area contributed by atoms with Crippen LogP contribution in [0.25, 0.3) is 0 Å². The zero-order valence-corrected chi connectivity index (χ0v) is 11.6. The van der Waals surface area contributed by atoms with Gasteiger partial charge in [-0.05, 0) is 35.2 Å². The van der Waals surface area contributed by atoms with Crippen molar-refractivity contribution in [1.29, 1.82) is 0 Å². The third kappa shape index (κ3) is 1.70. The summed E-state index contributed by atoms with van der Waals surface area (Å²) in [5.41, 5.74) is 4.48. The maximum atomic E-state index is 3.36. The summed E-state index contributed by atoms with van der Waals surface area (Å²) >= 11 is 3.95. The van der Waals surface area contributed by atoms with Crippen LogP contribution in [0.15, 0.2) is 46.2 Å². The highest BCUT2D eigenvalue weighted by molar-refractivity contribution is 7.99. The Morgan fingerprint density at radius 1 is 1.17 bits per heavy atom. The Kier molecular flexibility index (Phi) is 2.66. The average Bonchev–Trinajstić information content (AvgIpc) is 3.04. The van der Waals surface area contributed by atoms with Gasteiger partial charge in [-0.25, -0.2) is 0 Å². The molecule has 0 nitrogen and oxygen atoms in total. The minimum atomic E-state index is 0.564. The second-order valence-corrected chi connectivity index (χ2v) is 6.95. The first-order chi connectivity index (χ1) is 8.92. The third-order valence-corrected chi connectivity index (χ3v) is 5.98. The van der Waals surface area contributed by atoms with Crippen LogP contribution in [-0.4, -0.2) is 11.5 Å². The largest absolute Gasteiger partial charge is 0.126 e. The number of thioether (sulfide) groups is 2. The Morgan fingerprint density at radius 3 is 3.17 bits per heavy atom. The van der Waals surface area contributed by atoms with E-state index < -0.39 is 0 Å². The van der Waals surface area contributed by atoms with Crippen LogP contribution in [0.1, 0.15) is 22.6 Å². The maximum Gasteiger partial charge on any atom is 0.0195 e. The lowest BCUT2D eigenvalue weighted by Gasteiger charge is -2.12. The van der Waals surface area contributed by atoms with Crippen molar-refractivity contribution >= 4 is 23.5 Å². The molecule has 18 heavy (non-hydrogen) atoms. The summed E-state index contributed by atoms with van der Waals surface area (Å²) in [7, 11) is 0. The molecule has 0 aromatic heterocycles. The Morgan fingerprint density at radius 2 is 2.17 bits per heavy atom. The van der Waals surface area contributed by atoms with E-state index in [-0.39, 0.29) is 0 Å². The zero-order chi connectivity index (χ0) is 11.9. The fraction of sp³-hybridized carbons (Fsp3) is 0.250. The van der Waals surface area contributed by atoms with Gasteiger partial charge in [0.15, 0.2) is 0 Å². The molecule has 4 rings (SSSR count). The van der Waals surface area contributed by atoms with E-state index in [2.05, 4.69) is 36.4 Å². The van der Waals surface area contributed by atoms with Gasteiger partial charge in [0.2, 0.25) is 0 Å². The molecule has 0 saturated heterocycles. The summed E-state index contributed by atoms with van der Waals surface area (Å²) < 4.78 is 0. The van der Waals surface area contributed by atoms with Crippen molar-refractivity contribution in [3.63, 3.8) is 0 Å². The molecule has 0 aliphatic carbocycles. The molecule has 0 amide bonds. The van der Waals surface area contributed by atoms with Crippen LogP contribution in [0, 0.1) is 6.07 Å². The topological polar surface area (TPSA) is 0 Å². The molecule has 2 heterocycles. The van der Waals surface area contributed by atoms with Crippen LogP contribution in [-0.2, 0) is 6.42 Å². The highest BCUT2D eigenvalue weighted by atomic mass is 32.2. The summed E-state index contributed by atoms with van der Waals surface area (Å²) in [4.78, 5) is 2.85. The number of benzene rings is 2. The standard InChI is InChI=1S/C16H13S2/c1-2-4-15-13(3-1)14(10-18-15)12-6-5-11-7-8-17-16(11)9-12/h1-3,5-6,9,14H,7-8,10H2. The van der Waals surface area contributed by atoms with Gasteiger partial charge in [-0.1, -0.05) is 30.3 Å². The van der Waals surface area contributed by atoms with Crippen molar-refractivity contribution in [2.45, 2.75) is 22.1 Å². The van der Waals surface area contributed by atoms with Crippen LogP contribution < -0.4 is 0 Å². The van der Waals surface area contributed by atoms with Gasteiger partial charge in [-0.2, -0.15) is 0 Å². The van der Waals surface area contributed by atoms with Crippen LogP contribution in [0.3, 0.4) is 0 Å². The zero-order valence-electron chi connectivity index (χ0n) is 9.98. The van der Waals surface area contributed by atoms with Gasteiger partial charge in [0.25, 0.3) is 0 Å². The Balaban J connectivity index is 1.77. The fourth-order valence-electron chi connectivity index (χ4n) is 2.77. The average molecular weight is 269 g/mol. The van der Waals surface area contributed by atoms with Crippen molar-refractivity contribution in [3.05, 3.63) is 59.2 Å². The maximum absolute atomic E-state index is 3.36. The van der Waals surface area contributed by atoms with Crippen LogP contribution in [0.5, 0.6) is 0 Å². The van der Waals surface area contributed by atoms with E-state index in [0.29, 0.717) is 5.92 Å². The number of rotatable bonds is 1. The van der Waals surface area contributed by atoms with Gasteiger partial charge in [0.05, 0.1) is 0 Å². The molecular weight excluding hydrogens is 256 g/mol. The molecule has 2 aromatic carbocycles. The Hall–Kier alpha value is -0.860. The summed E-state index contributed by atoms with van der Waals surface area (Å²) in [6.07, 6.45) is 1.24. The Bertz CT molecular complexity index is 604. The number of hydrogen-bond donors (Lipinski definition) is 0. The van der Waals surface area contributed by atoms with Gasteiger partial charge in [-0.15, -0.1) is 23.5 Å². The van der Waals surface area contributed by atoms with Gasteiger partial charge in [0.1, 0.15) is 0 Å². The van der Waals surface area contributed by atoms with E-state index in [4.69, 9.17) is 0 Å². The molecule has 2 aromatic rings. The van der Waals surface area contributed by atoms with Crippen LogP contribution in [0.4, 0.5) is 0 Å². The summed E-state index contributed by atoms with van der Waals surface area (Å²) in [5.74, 6) is 2.98. The first kappa shape index (κ1) is 11.0. The lowest BCUT2D eigenvalue weighted by Crippen LogP contribution is -1.99. The van der Waals surface area contributed by atoms with E-state index in [0.717, 1.165) is 0 Å². The molecule has 1 unspecified atom stereocenters. The fourth-order valence-corrected chi connectivity index (χ4v) is 5.12. The van der Waals surface area contributed by atoms with E-state index in [1.165, 1.54) is 44.4 Å². The van der Waals surface area contributed by atoms with Crippen molar-refractivity contribution in [2.75, 3.05) is 11.5 Å². The second kappa shape index (κ2) is 4.36. The van der Waals surface area contributed by atoms with Crippen molar-refractivity contribution in [2.24, 2.45) is 0 Å². The van der Waals surface area contributed by atoms with Gasteiger partial charge in [-0.3, -0.25) is 0 Å². The van der Waals surface area contributed by atoms with Gasteiger partial charge < -0.3 is 0 Å². The minimum Gasteiger partial charge on any atom is -0.126 e. The van der Waals surface area contributed by atoms with E-state index in [1.54, 1.807) is 0 Å². The molecule has 1 atom stereocenters. The molecule has 2 aliphatic rings. The van der Waals surface area contributed by atoms with Crippen molar-refractivity contribution in [1.82, 2.24) is 0 Å². The van der Waals surface area contributed by atoms with Crippen LogP contribution in [0.2, 0.25) is 0 Å². The first-order valence-corrected chi connectivity index (χ1v) is 8.28. The third-order valence-electron chi connectivity index (χ3n) is 3.74. The second-order valence-electron chi connectivity index (χ2n) is 4.78. The number of aryl methyl sites for hydroxylation is 1. The molecule has 0 fully saturated rings. The minimum absolute atomic E-state index is 0.564. The van der Waals surface area contributed by atoms with Gasteiger partial charge >= 0.3 is 0 Å². The summed E-state index contributed by atoms with van der Waals surface area (Å²) in [5, 5.41) is 0. The summed E-state index contributed by atoms with van der Waals surface area (Å²) in [6.45, 7) is 0. The molecule has 0 spiro atoms. The molecule has 0 bridgehead atoms. The molecule has 89 valence electrons. The smallest absolute Gasteiger partial charge is 0.0195 e. The predicted octanol–water partition coefficient (Wildman–Crippen LogP) is 4.37. The molecule has 2 heteroatoms. The van der Waals surface area contributed by atoms with Crippen molar-refractivity contribution in [3.8, 4) is 0 Å². The first-order valence-electron chi connectivity index (χ1n) is 6.31. The quantitative estimate of drug-likeness (QED) is 0.754. The van der Waals surface area contributed by atoms with Crippen molar-refractivity contribution < 1.29 is 0 Å². The van der Waals surface area contributed by atoms with E-state index in [1.807, 2.05) is 29.6 Å². The molecule has 1 radical (unpaired) electrons. The molecular formula is C16H13S2. The predicted molar refractivity (Wildman–Crippen MR) is 78.7 cm³/mol. The number of hydrogen-bond acceptors (Lipinski definition) is 2. The SMILES string of the molecule is [c]1cccc2c1SCC2c1ccc2c(c1)SCC2. The van der Waals surface area contributed by atoms with E-state index in [9.17, 15) is 0 Å². The Labute approximate surface area is 116 Å².